The van der Waals surface area contributed by atoms with Gasteiger partial charge >= 0.3 is 0 Å². The van der Waals surface area contributed by atoms with E-state index in [1.165, 1.54) is 0 Å². The first-order valence-electron chi connectivity index (χ1n) is 3.88. The Morgan fingerprint density at radius 3 is 2.17 bits per heavy atom. The molecule has 1 aliphatic rings. The summed E-state index contributed by atoms with van der Waals surface area (Å²) in [7, 11) is 0. The third-order valence-electron chi connectivity index (χ3n) is 2.13. The van der Waals surface area contributed by atoms with Crippen molar-refractivity contribution in [3.05, 3.63) is 0 Å². The number of aliphatic hydroxyl groups is 4. The van der Waals surface area contributed by atoms with E-state index in [2.05, 4.69) is 0 Å². The van der Waals surface area contributed by atoms with Crippen LogP contribution in [0.2, 0.25) is 0 Å². The summed E-state index contributed by atoms with van der Waals surface area (Å²) in [6, 6.07) is 0. The normalized spacial score (nSPS) is 49.2. The van der Waals surface area contributed by atoms with Crippen LogP contribution < -0.4 is 0 Å². The number of rotatable bonds is 1. The first-order chi connectivity index (χ1) is 5.57. The van der Waals surface area contributed by atoms with Gasteiger partial charge in [-0.1, -0.05) is 0 Å². The van der Waals surface area contributed by atoms with E-state index >= 15 is 0 Å². The fourth-order valence-electron chi connectivity index (χ4n) is 1.29. The van der Waals surface area contributed by atoms with E-state index in [9.17, 15) is 15.3 Å². The van der Waals surface area contributed by atoms with Crippen LogP contribution in [0.25, 0.3) is 0 Å². The number of aliphatic hydroxyl groups excluding tert-OH is 4. The van der Waals surface area contributed by atoms with Gasteiger partial charge in [-0.15, -0.1) is 0 Å². The summed E-state index contributed by atoms with van der Waals surface area (Å²) in [4.78, 5) is 0. The molecule has 1 saturated heterocycles. The highest BCUT2D eigenvalue weighted by Gasteiger charge is 2.41. The summed E-state index contributed by atoms with van der Waals surface area (Å²) in [5.74, 6) is 0. The Labute approximate surface area is 70.2 Å². The first kappa shape index (κ1) is 9.88. The van der Waals surface area contributed by atoms with E-state index < -0.39 is 30.5 Å². The standard InChI is InChI=1S/C7H14O5/c1-3-5(9)7(11)6(10)4(2-8)12-3/h3-11H,2H2,1H3/t3-,4+,5-,6+,7?/m0/s1. The van der Waals surface area contributed by atoms with Crippen molar-refractivity contribution < 1.29 is 25.2 Å². The third kappa shape index (κ3) is 1.60. The van der Waals surface area contributed by atoms with Crippen LogP contribution in [0.5, 0.6) is 0 Å². The van der Waals surface area contributed by atoms with Gasteiger partial charge in [-0.05, 0) is 6.92 Å². The maximum Gasteiger partial charge on any atom is 0.111 e. The monoisotopic (exact) mass is 178 g/mol. The minimum absolute atomic E-state index is 0.366. The van der Waals surface area contributed by atoms with Gasteiger partial charge in [-0.25, -0.2) is 0 Å². The Hall–Kier alpha value is -0.200. The van der Waals surface area contributed by atoms with Gasteiger partial charge in [0.2, 0.25) is 0 Å². The zero-order valence-electron chi connectivity index (χ0n) is 6.79. The van der Waals surface area contributed by atoms with E-state index in [1.807, 2.05) is 0 Å². The van der Waals surface area contributed by atoms with Crippen molar-refractivity contribution in [2.75, 3.05) is 6.61 Å². The highest BCUT2D eigenvalue weighted by atomic mass is 16.5. The zero-order valence-corrected chi connectivity index (χ0v) is 6.79. The molecular formula is C7H14O5. The van der Waals surface area contributed by atoms with Crippen molar-refractivity contribution in [2.45, 2.75) is 37.4 Å². The van der Waals surface area contributed by atoms with Crippen molar-refractivity contribution in [1.82, 2.24) is 0 Å². The van der Waals surface area contributed by atoms with Crippen LogP contribution in [0.1, 0.15) is 6.92 Å². The molecule has 0 aromatic rings. The van der Waals surface area contributed by atoms with Crippen LogP contribution in [0.3, 0.4) is 0 Å². The topological polar surface area (TPSA) is 90.2 Å². The van der Waals surface area contributed by atoms with Crippen molar-refractivity contribution in [1.29, 1.82) is 0 Å². The van der Waals surface area contributed by atoms with Gasteiger partial charge in [0.1, 0.15) is 24.4 Å². The highest BCUT2D eigenvalue weighted by molar-refractivity contribution is 4.89. The smallest absolute Gasteiger partial charge is 0.111 e. The Bertz CT molecular complexity index is 146. The number of ether oxygens (including phenoxy) is 1. The summed E-state index contributed by atoms with van der Waals surface area (Å²) in [5.41, 5.74) is 0. The average molecular weight is 178 g/mol. The van der Waals surface area contributed by atoms with E-state index in [0.29, 0.717) is 0 Å². The van der Waals surface area contributed by atoms with Crippen molar-refractivity contribution in [3.8, 4) is 0 Å². The van der Waals surface area contributed by atoms with Crippen LogP contribution in [-0.2, 0) is 4.74 Å². The molecule has 1 unspecified atom stereocenters. The van der Waals surface area contributed by atoms with Gasteiger partial charge in [0.25, 0.3) is 0 Å². The molecule has 1 rings (SSSR count). The Balaban J connectivity index is 2.63. The van der Waals surface area contributed by atoms with Crippen LogP contribution in [0.15, 0.2) is 0 Å². The van der Waals surface area contributed by atoms with Crippen LogP contribution in [0, 0.1) is 0 Å². The summed E-state index contributed by atoms with van der Waals surface area (Å²) < 4.78 is 5.02. The van der Waals surface area contributed by atoms with Gasteiger partial charge < -0.3 is 25.2 Å². The molecule has 5 atom stereocenters. The fraction of sp³-hybridized carbons (Fsp3) is 1.00. The predicted octanol–water partition coefficient (Wildman–Crippen LogP) is -2.15. The number of hydrogen-bond acceptors (Lipinski definition) is 5. The molecule has 0 saturated carbocycles. The molecule has 0 aliphatic carbocycles. The maximum atomic E-state index is 9.23. The summed E-state index contributed by atoms with van der Waals surface area (Å²) in [5, 5.41) is 36.4. The molecule has 1 fully saturated rings. The lowest BCUT2D eigenvalue weighted by atomic mass is 9.96. The van der Waals surface area contributed by atoms with Crippen molar-refractivity contribution >= 4 is 0 Å². The summed E-state index contributed by atoms with van der Waals surface area (Å²) >= 11 is 0. The van der Waals surface area contributed by atoms with Gasteiger partial charge in [0, 0.05) is 0 Å². The molecule has 0 aromatic heterocycles. The second-order valence-electron chi connectivity index (χ2n) is 3.03. The predicted molar refractivity (Wildman–Crippen MR) is 39.4 cm³/mol. The third-order valence-corrected chi connectivity index (χ3v) is 2.13. The second kappa shape index (κ2) is 3.68. The van der Waals surface area contributed by atoms with Gasteiger partial charge in [-0.2, -0.15) is 0 Å². The quantitative estimate of drug-likeness (QED) is 0.367. The molecule has 5 nitrogen and oxygen atoms in total. The summed E-state index contributed by atoms with van der Waals surface area (Å²) in [6.45, 7) is 1.21. The first-order valence-corrected chi connectivity index (χ1v) is 3.88. The lowest BCUT2D eigenvalue weighted by Crippen LogP contribution is -2.57. The molecule has 12 heavy (non-hydrogen) atoms. The largest absolute Gasteiger partial charge is 0.394 e. The lowest BCUT2D eigenvalue weighted by molar-refractivity contribution is -0.224. The fourth-order valence-corrected chi connectivity index (χ4v) is 1.29. The molecule has 4 N–H and O–H groups in total. The molecule has 0 amide bonds. The molecule has 0 spiro atoms. The van der Waals surface area contributed by atoms with Crippen LogP contribution >= 0.6 is 0 Å². The second-order valence-corrected chi connectivity index (χ2v) is 3.03. The maximum absolute atomic E-state index is 9.23. The van der Waals surface area contributed by atoms with E-state index in [0.717, 1.165) is 0 Å². The SMILES string of the molecule is C[C@@H]1O[C@H](CO)[C@@H](O)C(O)[C@H]1O. The molecule has 5 heteroatoms. The molecule has 1 heterocycles. The average Bonchev–Trinajstić information content (AvgIpc) is 2.08. The Morgan fingerprint density at radius 2 is 1.67 bits per heavy atom. The van der Waals surface area contributed by atoms with Gasteiger partial charge in [0.05, 0.1) is 12.7 Å². The van der Waals surface area contributed by atoms with Gasteiger partial charge in [-0.3, -0.25) is 0 Å². The van der Waals surface area contributed by atoms with Crippen molar-refractivity contribution in [2.24, 2.45) is 0 Å². The molecule has 72 valence electrons. The van der Waals surface area contributed by atoms with Crippen LogP contribution in [-0.4, -0.2) is 57.6 Å². The Kier molecular flexibility index (Phi) is 3.03. The molecule has 0 radical (unpaired) electrons. The van der Waals surface area contributed by atoms with Crippen LogP contribution in [0.4, 0.5) is 0 Å². The molecule has 0 aromatic carbocycles. The highest BCUT2D eigenvalue weighted by Crippen LogP contribution is 2.20. The van der Waals surface area contributed by atoms with E-state index in [-0.39, 0.29) is 6.61 Å². The Morgan fingerprint density at radius 1 is 1.08 bits per heavy atom. The molecule has 0 bridgehead atoms. The number of hydrogen-bond donors (Lipinski definition) is 4. The molecule has 1 aliphatic heterocycles. The van der Waals surface area contributed by atoms with Crippen molar-refractivity contribution in [3.63, 3.8) is 0 Å². The lowest BCUT2D eigenvalue weighted by Gasteiger charge is -2.38. The zero-order chi connectivity index (χ0) is 9.30. The van der Waals surface area contributed by atoms with E-state index in [4.69, 9.17) is 9.84 Å². The summed E-state index contributed by atoms with van der Waals surface area (Å²) in [6.07, 6.45) is -4.94. The minimum atomic E-state index is -1.24. The van der Waals surface area contributed by atoms with Gasteiger partial charge in [0.15, 0.2) is 0 Å². The minimum Gasteiger partial charge on any atom is -0.394 e. The molecular weight excluding hydrogens is 164 g/mol. The van der Waals surface area contributed by atoms with E-state index in [1.54, 1.807) is 6.92 Å².